The molecule has 0 radical (unpaired) electrons. The van der Waals surface area contributed by atoms with Crippen molar-refractivity contribution in [1.29, 1.82) is 0 Å². The SMILES string of the molecule is Cc1ccc(C)c(OC(=O)c2ccc(NC3=C(Cl)C(=O)N(c4cc(C(F)(F)F)ccc4Cl)C3=O)cc2)c1. The average molecular weight is 549 g/mol. The molecule has 190 valence electrons. The van der Waals surface area contributed by atoms with Crippen molar-refractivity contribution in [2.45, 2.75) is 20.0 Å². The average Bonchev–Trinajstić information content (AvgIpc) is 3.04. The number of nitrogens with one attached hydrogen (secondary N) is 1. The van der Waals surface area contributed by atoms with Gasteiger partial charge in [-0.25, -0.2) is 9.69 Å². The highest BCUT2D eigenvalue weighted by atomic mass is 35.5. The molecule has 0 saturated heterocycles. The number of halogens is 5. The van der Waals surface area contributed by atoms with Crippen LogP contribution in [-0.2, 0) is 15.8 Å². The predicted molar refractivity (Wildman–Crippen MR) is 133 cm³/mol. The van der Waals surface area contributed by atoms with Crippen LogP contribution in [0.5, 0.6) is 5.75 Å². The van der Waals surface area contributed by atoms with Crippen LogP contribution in [0.1, 0.15) is 27.0 Å². The molecule has 1 heterocycles. The first-order valence-corrected chi connectivity index (χ1v) is 11.4. The molecule has 3 aromatic carbocycles. The van der Waals surface area contributed by atoms with Gasteiger partial charge < -0.3 is 10.1 Å². The van der Waals surface area contributed by atoms with Crippen LogP contribution in [0.3, 0.4) is 0 Å². The van der Waals surface area contributed by atoms with Gasteiger partial charge in [-0.15, -0.1) is 0 Å². The van der Waals surface area contributed by atoms with Crippen LogP contribution in [0.2, 0.25) is 5.02 Å². The Hall–Kier alpha value is -3.82. The summed E-state index contributed by atoms with van der Waals surface area (Å²) in [7, 11) is 0. The number of imide groups is 1. The third kappa shape index (κ3) is 5.33. The van der Waals surface area contributed by atoms with Crippen LogP contribution in [0.15, 0.2) is 71.4 Å². The van der Waals surface area contributed by atoms with Crippen LogP contribution in [0.25, 0.3) is 0 Å². The minimum Gasteiger partial charge on any atom is -0.423 e. The molecule has 0 unspecified atom stereocenters. The van der Waals surface area contributed by atoms with Gasteiger partial charge in [0, 0.05) is 5.69 Å². The number of amides is 2. The fourth-order valence-corrected chi connectivity index (χ4v) is 3.92. The highest BCUT2D eigenvalue weighted by Crippen LogP contribution is 2.38. The number of benzene rings is 3. The van der Waals surface area contributed by atoms with E-state index >= 15 is 0 Å². The van der Waals surface area contributed by atoms with Gasteiger partial charge in [0.05, 0.1) is 21.8 Å². The van der Waals surface area contributed by atoms with Gasteiger partial charge in [-0.3, -0.25) is 9.59 Å². The molecule has 0 atom stereocenters. The molecule has 1 aliphatic rings. The molecule has 0 saturated carbocycles. The number of rotatable bonds is 5. The fourth-order valence-electron chi connectivity index (χ4n) is 3.50. The van der Waals surface area contributed by atoms with E-state index in [9.17, 15) is 27.6 Å². The zero-order valence-electron chi connectivity index (χ0n) is 19.2. The lowest BCUT2D eigenvalue weighted by atomic mass is 10.1. The number of alkyl halides is 3. The number of anilines is 2. The number of hydrogen-bond acceptors (Lipinski definition) is 5. The number of esters is 1. The van der Waals surface area contributed by atoms with Crippen molar-refractivity contribution >= 4 is 52.4 Å². The highest BCUT2D eigenvalue weighted by Gasteiger charge is 2.41. The molecule has 11 heteroatoms. The number of carbonyl (C=O) groups excluding carboxylic acids is 3. The molecule has 1 aliphatic heterocycles. The zero-order valence-corrected chi connectivity index (χ0v) is 20.8. The van der Waals surface area contributed by atoms with E-state index in [1.165, 1.54) is 24.3 Å². The molecule has 37 heavy (non-hydrogen) atoms. The highest BCUT2D eigenvalue weighted by molar-refractivity contribution is 6.53. The van der Waals surface area contributed by atoms with E-state index < -0.39 is 40.2 Å². The number of hydrogen-bond donors (Lipinski definition) is 1. The monoisotopic (exact) mass is 548 g/mol. The summed E-state index contributed by atoms with van der Waals surface area (Å²) in [5, 5.41) is 1.91. The Kier molecular flexibility index (Phi) is 7.03. The molecular formula is C26H17Cl2F3N2O4. The molecule has 4 rings (SSSR count). The van der Waals surface area contributed by atoms with E-state index in [1.807, 2.05) is 26.0 Å². The molecule has 0 aliphatic carbocycles. The molecular weight excluding hydrogens is 532 g/mol. The van der Waals surface area contributed by atoms with Crippen LogP contribution >= 0.6 is 23.2 Å². The molecule has 0 bridgehead atoms. The van der Waals surface area contributed by atoms with Gasteiger partial charge in [0.1, 0.15) is 16.5 Å². The quantitative estimate of drug-likeness (QED) is 0.220. The summed E-state index contributed by atoms with van der Waals surface area (Å²) >= 11 is 12.1. The van der Waals surface area contributed by atoms with Gasteiger partial charge in [0.25, 0.3) is 11.8 Å². The smallest absolute Gasteiger partial charge is 0.416 e. The topological polar surface area (TPSA) is 75.7 Å². The van der Waals surface area contributed by atoms with E-state index in [1.54, 1.807) is 6.07 Å². The van der Waals surface area contributed by atoms with Crippen molar-refractivity contribution in [3.8, 4) is 5.75 Å². The van der Waals surface area contributed by atoms with Crippen LogP contribution in [-0.4, -0.2) is 17.8 Å². The number of carbonyl (C=O) groups is 3. The maximum atomic E-state index is 13.2. The molecule has 3 aromatic rings. The Morgan fingerprint density at radius 2 is 1.59 bits per heavy atom. The predicted octanol–water partition coefficient (Wildman–Crippen LogP) is 6.63. The van der Waals surface area contributed by atoms with Crippen LogP contribution in [0, 0.1) is 13.8 Å². The van der Waals surface area contributed by atoms with Crippen LogP contribution in [0.4, 0.5) is 24.5 Å². The number of nitrogens with zero attached hydrogens (tertiary/aromatic N) is 1. The molecule has 2 amide bonds. The zero-order chi connectivity index (χ0) is 27.1. The van der Waals surface area contributed by atoms with E-state index in [-0.39, 0.29) is 22.0 Å². The summed E-state index contributed by atoms with van der Waals surface area (Å²) in [6, 6.07) is 13.5. The number of aryl methyl sites for hydroxylation is 2. The molecule has 0 spiro atoms. The van der Waals surface area contributed by atoms with Gasteiger partial charge in [-0.1, -0.05) is 35.3 Å². The standard InChI is InChI=1S/C26H17Cl2F3N2O4/c1-13-3-4-14(2)20(11-13)37-25(36)15-5-8-17(9-6-15)32-22-21(28)23(34)33(24(22)35)19-12-16(26(29,30)31)7-10-18(19)27/h3-12,32H,1-2H3. The Balaban J connectivity index is 1.53. The summed E-state index contributed by atoms with van der Waals surface area (Å²) in [4.78, 5) is 38.7. The maximum absolute atomic E-state index is 13.2. The maximum Gasteiger partial charge on any atom is 0.416 e. The summed E-state index contributed by atoms with van der Waals surface area (Å²) in [5.74, 6) is -2.21. The molecule has 1 N–H and O–H groups in total. The lowest BCUT2D eigenvalue weighted by Gasteiger charge is -2.18. The van der Waals surface area contributed by atoms with Crippen molar-refractivity contribution in [2.75, 3.05) is 10.2 Å². The molecule has 6 nitrogen and oxygen atoms in total. The first-order chi connectivity index (χ1) is 17.4. The first kappa shape index (κ1) is 26.2. The second-order valence-corrected chi connectivity index (χ2v) is 8.94. The van der Waals surface area contributed by atoms with E-state index in [2.05, 4.69) is 5.32 Å². The van der Waals surface area contributed by atoms with Gasteiger partial charge in [-0.2, -0.15) is 13.2 Å². The van der Waals surface area contributed by atoms with E-state index in [0.717, 1.165) is 23.3 Å². The largest absolute Gasteiger partial charge is 0.423 e. The van der Waals surface area contributed by atoms with Crippen molar-refractivity contribution < 1.29 is 32.3 Å². The summed E-state index contributed by atoms with van der Waals surface area (Å²) in [6.07, 6.45) is -4.72. The van der Waals surface area contributed by atoms with Gasteiger partial charge in [0.2, 0.25) is 0 Å². The summed E-state index contributed by atoms with van der Waals surface area (Å²) in [6.45, 7) is 3.68. The Bertz CT molecular complexity index is 1470. The minimum atomic E-state index is -4.72. The molecule has 0 fully saturated rings. The third-order valence-electron chi connectivity index (χ3n) is 5.48. The van der Waals surface area contributed by atoms with Crippen LogP contribution < -0.4 is 15.0 Å². The Labute approximate surface area is 219 Å². The Morgan fingerprint density at radius 1 is 0.919 bits per heavy atom. The molecule has 0 aromatic heterocycles. The minimum absolute atomic E-state index is 0.220. The second-order valence-electron chi connectivity index (χ2n) is 8.16. The van der Waals surface area contributed by atoms with Gasteiger partial charge in [-0.05, 0) is 73.5 Å². The third-order valence-corrected chi connectivity index (χ3v) is 6.15. The number of ether oxygens (including phenoxy) is 1. The van der Waals surface area contributed by atoms with Gasteiger partial charge >= 0.3 is 12.1 Å². The van der Waals surface area contributed by atoms with Crippen molar-refractivity contribution in [3.05, 3.63) is 98.7 Å². The van der Waals surface area contributed by atoms with E-state index in [0.29, 0.717) is 16.7 Å². The van der Waals surface area contributed by atoms with Crippen molar-refractivity contribution in [3.63, 3.8) is 0 Å². The lowest BCUT2D eigenvalue weighted by molar-refractivity contribution is -0.137. The second kappa shape index (κ2) is 9.91. The fraction of sp³-hybridized carbons (Fsp3) is 0.115. The summed E-state index contributed by atoms with van der Waals surface area (Å²) in [5.41, 5.74) is 0.320. The summed E-state index contributed by atoms with van der Waals surface area (Å²) < 4.78 is 44.9. The first-order valence-electron chi connectivity index (χ1n) is 10.7. The Morgan fingerprint density at radius 3 is 2.24 bits per heavy atom. The van der Waals surface area contributed by atoms with E-state index in [4.69, 9.17) is 27.9 Å². The van der Waals surface area contributed by atoms with Crippen molar-refractivity contribution in [2.24, 2.45) is 0 Å². The van der Waals surface area contributed by atoms with Crippen molar-refractivity contribution in [1.82, 2.24) is 0 Å². The lowest BCUT2D eigenvalue weighted by Crippen LogP contribution is -2.32. The normalized spacial score (nSPS) is 13.9. The van der Waals surface area contributed by atoms with Gasteiger partial charge in [0.15, 0.2) is 0 Å².